The van der Waals surface area contributed by atoms with Gasteiger partial charge in [0.05, 0.1) is 28.0 Å². The van der Waals surface area contributed by atoms with Crippen molar-refractivity contribution in [3.8, 4) is 11.4 Å². The van der Waals surface area contributed by atoms with E-state index in [4.69, 9.17) is 33.0 Å². The van der Waals surface area contributed by atoms with E-state index >= 15 is 0 Å². The van der Waals surface area contributed by atoms with Gasteiger partial charge in [-0.25, -0.2) is 9.48 Å². The van der Waals surface area contributed by atoms with Gasteiger partial charge in [0.1, 0.15) is 5.75 Å². The van der Waals surface area contributed by atoms with E-state index in [1.165, 1.54) is 30.1 Å². The van der Waals surface area contributed by atoms with Gasteiger partial charge in [0, 0.05) is 15.7 Å². The second-order valence-corrected chi connectivity index (χ2v) is 7.60. The number of benzene rings is 2. The predicted molar refractivity (Wildman–Crippen MR) is 109 cm³/mol. The number of halogens is 3. The van der Waals surface area contributed by atoms with Crippen LogP contribution in [0.2, 0.25) is 10.0 Å². The van der Waals surface area contributed by atoms with Crippen LogP contribution in [0.5, 0.6) is 5.75 Å². The van der Waals surface area contributed by atoms with Crippen LogP contribution in [0.15, 0.2) is 53.3 Å². The lowest BCUT2D eigenvalue weighted by atomic mass is 10.1. The largest absolute Gasteiger partial charge is 0.479 e. The Morgan fingerprint density at radius 3 is 2.68 bits per heavy atom. The quantitative estimate of drug-likeness (QED) is 0.497. The number of carboxylic acids is 1. The Hall–Kier alpha value is -2.35. The zero-order valence-electron chi connectivity index (χ0n) is 14.4. The van der Waals surface area contributed by atoms with Crippen LogP contribution in [0.25, 0.3) is 5.69 Å². The third-order valence-electron chi connectivity index (χ3n) is 3.84. The number of hydrogen-bond acceptors (Lipinski definition) is 4. The summed E-state index contributed by atoms with van der Waals surface area (Å²) in [5.74, 6) is -1.35. The van der Waals surface area contributed by atoms with Gasteiger partial charge in [-0.2, -0.15) is 5.10 Å². The number of carbonyl (C=O) groups is 2. The van der Waals surface area contributed by atoms with Gasteiger partial charge in [0.2, 0.25) is 0 Å². The molecular weight excluding hydrogens is 471 g/mol. The van der Waals surface area contributed by atoms with Crippen LogP contribution in [0.4, 0.5) is 0 Å². The third kappa shape index (κ3) is 4.38. The van der Waals surface area contributed by atoms with Crippen LogP contribution in [-0.2, 0) is 4.79 Å². The summed E-state index contributed by atoms with van der Waals surface area (Å²) in [6.45, 7) is 1.39. The van der Waals surface area contributed by atoms with Crippen molar-refractivity contribution in [1.82, 2.24) is 9.78 Å². The van der Waals surface area contributed by atoms with E-state index in [0.29, 0.717) is 20.2 Å². The van der Waals surface area contributed by atoms with Gasteiger partial charge in [-0.15, -0.1) is 0 Å². The molecular formula is C19H13BrCl2N2O4. The summed E-state index contributed by atoms with van der Waals surface area (Å²) in [5.41, 5.74) is 1.01. The highest BCUT2D eigenvalue weighted by Gasteiger charge is 2.21. The average Bonchev–Trinajstić information content (AvgIpc) is 3.14. The minimum Gasteiger partial charge on any atom is -0.479 e. The van der Waals surface area contributed by atoms with Crippen molar-refractivity contribution >= 4 is 50.9 Å². The van der Waals surface area contributed by atoms with Gasteiger partial charge in [-0.3, -0.25) is 4.79 Å². The number of ether oxygens (including phenoxy) is 1. The topological polar surface area (TPSA) is 81.4 Å². The van der Waals surface area contributed by atoms with Crippen molar-refractivity contribution in [1.29, 1.82) is 0 Å². The summed E-state index contributed by atoms with van der Waals surface area (Å²) in [6, 6.07) is 9.68. The summed E-state index contributed by atoms with van der Waals surface area (Å²) < 4.78 is 7.52. The number of carboxylic acid groups (broad SMARTS) is 1. The van der Waals surface area contributed by atoms with Crippen LogP contribution >= 0.6 is 39.1 Å². The van der Waals surface area contributed by atoms with Crippen LogP contribution in [0, 0.1) is 0 Å². The molecule has 1 atom stereocenters. The van der Waals surface area contributed by atoms with Crippen LogP contribution < -0.4 is 4.74 Å². The number of aliphatic carboxylic acids is 1. The lowest BCUT2D eigenvalue weighted by Crippen LogP contribution is -2.23. The van der Waals surface area contributed by atoms with E-state index in [-0.39, 0.29) is 22.7 Å². The van der Waals surface area contributed by atoms with Gasteiger partial charge in [-0.1, -0.05) is 39.1 Å². The zero-order chi connectivity index (χ0) is 20.4. The van der Waals surface area contributed by atoms with Gasteiger partial charge in [-0.05, 0) is 43.3 Å². The normalized spacial score (nSPS) is 11.9. The average molecular weight is 484 g/mol. The number of carbonyl (C=O) groups excluding carboxylic acids is 1. The maximum atomic E-state index is 13.0. The third-order valence-corrected chi connectivity index (χ3v) is 4.89. The van der Waals surface area contributed by atoms with Gasteiger partial charge < -0.3 is 9.84 Å². The fraction of sp³-hybridized carbons (Fsp3) is 0.105. The fourth-order valence-corrected chi connectivity index (χ4v) is 3.14. The SMILES string of the molecule is CC(Oc1ccc(Br)cc1C(=O)c1cnn(-c2cc(Cl)ccc2Cl)c1)C(=O)O. The lowest BCUT2D eigenvalue weighted by Gasteiger charge is -2.14. The standard InChI is InChI=1S/C19H13BrCl2N2O4/c1-10(19(26)27)28-17-5-2-12(20)6-14(17)18(25)11-8-23-24(9-11)16-7-13(21)3-4-15(16)22/h2-10H,1H3,(H,26,27). The molecule has 1 aromatic heterocycles. The van der Waals surface area contributed by atoms with Crippen molar-refractivity contribution < 1.29 is 19.4 Å². The molecule has 1 N–H and O–H groups in total. The first kappa shape index (κ1) is 20.4. The van der Waals surface area contributed by atoms with Crippen LogP contribution in [0.3, 0.4) is 0 Å². The van der Waals surface area contributed by atoms with E-state index in [1.54, 1.807) is 30.3 Å². The highest BCUT2D eigenvalue weighted by molar-refractivity contribution is 9.10. The van der Waals surface area contributed by atoms with Gasteiger partial charge in [0.15, 0.2) is 11.9 Å². The highest BCUT2D eigenvalue weighted by atomic mass is 79.9. The Morgan fingerprint density at radius 1 is 1.21 bits per heavy atom. The number of ketones is 1. The minimum absolute atomic E-state index is 0.164. The summed E-state index contributed by atoms with van der Waals surface area (Å²) in [6.07, 6.45) is 1.80. The minimum atomic E-state index is -1.13. The van der Waals surface area contributed by atoms with E-state index < -0.39 is 12.1 Å². The monoisotopic (exact) mass is 482 g/mol. The van der Waals surface area contributed by atoms with E-state index in [2.05, 4.69) is 21.0 Å². The van der Waals surface area contributed by atoms with Crippen molar-refractivity contribution in [3.05, 3.63) is 74.4 Å². The molecule has 0 amide bonds. The van der Waals surface area contributed by atoms with Crippen LogP contribution in [0.1, 0.15) is 22.8 Å². The molecule has 1 unspecified atom stereocenters. The molecule has 0 radical (unpaired) electrons. The van der Waals surface area contributed by atoms with Gasteiger partial charge >= 0.3 is 5.97 Å². The lowest BCUT2D eigenvalue weighted by molar-refractivity contribution is -0.144. The molecule has 144 valence electrons. The molecule has 0 saturated carbocycles. The molecule has 0 fully saturated rings. The molecule has 0 saturated heterocycles. The van der Waals surface area contributed by atoms with E-state index in [9.17, 15) is 9.59 Å². The molecule has 9 heteroatoms. The Morgan fingerprint density at radius 2 is 1.96 bits per heavy atom. The van der Waals surface area contributed by atoms with Crippen molar-refractivity contribution in [2.24, 2.45) is 0 Å². The molecule has 0 bridgehead atoms. The maximum absolute atomic E-state index is 13.0. The van der Waals surface area contributed by atoms with Crippen molar-refractivity contribution in [3.63, 3.8) is 0 Å². The Bertz CT molecular complexity index is 1070. The Balaban J connectivity index is 1.97. The second-order valence-electron chi connectivity index (χ2n) is 5.84. The molecule has 6 nitrogen and oxygen atoms in total. The molecule has 3 rings (SSSR count). The first-order valence-electron chi connectivity index (χ1n) is 8.00. The molecule has 0 spiro atoms. The molecule has 3 aromatic rings. The van der Waals surface area contributed by atoms with E-state index in [0.717, 1.165) is 0 Å². The smallest absolute Gasteiger partial charge is 0.344 e. The zero-order valence-corrected chi connectivity index (χ0v) is 17.5. The molecule has 1 heterocycles. The summed E-state index contributed by atoms with van der Waals surface area (Å²) in [5, 5.41) is 14.2. The van der Waals surface area contributed by atoms with Crippen molar-refractivity contribution in [2.45, 2.75) is 13.0 Å². The maximum Gasteiger partial charge on any atom is 0.344 e. The highest BCUT2D eigenvalue weighted by Crippen LogP contribution is 2.28. The van der Waals surface area contributed by atoms with Gasteiger partial charge in [0.25, 0.3) is 0 Å². The molecule has 0 aliphatic carbocycles. The molecule has 2 aromatic carbocycles. The summed E-state index contributed by atoms with van der Waals surface area (Å²) in [4.78, 5) is 24.1. The summed E-state index contributed by atoms with van der Waals surface area (Å²) >= 11 is 15.5. The number of aromatic nitrogens is 2. The van der Waals surface area contributed by atoms with Crippen LogP contribution in [-0.4, -0.2) is 32.7 Å². The predicted octanol–water partition coefficient (Wildman–Crippen LogP) is 5.02. The van der Waals surface area contributed by atoms with Crippen molar-refractivity contribution in [2.75, 3.05) is 0 Å². The molecule has 0 aliphatic heterocycles. The Kier molecular flexibility index (Phi) is 6.07. The fourth-order valence-electron chi connectivity index (χ4n) is 2.41. The Labute approximate surface area is 178 Å². The number of hydrogen-bond donors (Lipinski definition) is 1. The second kappa shape index (κ2) is 8.34. The van der Waals surface area contributed by atoms with E-state index in [1.807, 2.05) is 0 Å². The molecule has 28 heavy (non-hydrogen) atoms. The number of rotatable bonds is 6. The molecule has 0 aliphatic rings. The first-order valence-corrected chi connectivity index (χ1v) is 9.55. The first-order chi connectivity index (χ1) is 13.3. The number of nitrogens with zero attached hydrogens (tertiary/aromatic N) is 2. The summed E-state index contributed by atoms with van der Waals surface area (Å²) in [7, 11) is 0.